The first-order valence-corrected chi connectivity index (χ1v) is 6.45. The zero-order valence-corrected chi connectivity index (χ0v) is 11.1. The lowest BCUT2D eigenvalue weighted by atomic mass is 10.0. The Morgan fingerprint density at radius 1 is 1.11 bits per heavy atom. The Kier molecular flexibility index (Phi) is 4.11. The minimum absolute atomic E-state index is 0.243. The molecule has 0 aromatic heterocycles. The molecule has 0 spiro atoms. The molecule has 0 heterocycles. The normalized spacial score (nSPS) is 12.1. The fourth-order valence-electron chi connectivity index (χ4n) is 1.96. The third-order valence-corrected chi connectivity index (χ3v) is 3.32. The Morgan fingerprint density at radius 3 is 2.50 bits per heavy atom. The number of hydrogen-bond acceptors (Lipinski definition) is 2. The van der Waals surface area contributed by atoms with Gasteiger partial charge in [-0.05, 0) is 24.1 Å². The average molecular weight is 261 g/mol. The molecule has 1 unspecified atom stereocenters. The number of nitrogens with one attached hydrogen (secondary N) is 1. The van der Waals surface area contributed by atoms with Crippen LogP contribution in [0.15, 0.2) is 48.5 Å². The average Bonchev–Trinajstić information content (AvgIpc) is 2.41. The van der Waals surface area contributed by atoms with Gasteiger partial charge in [-0.15, -0.1) is 0 Å². The molecule has 18 heavy (non-hydrogen) atoms. The zero-order valence-electron chi connectivity index (χ0n) is 10.4. The SMILES string of the molecule is CCC(Nc1cccc(Cl)c1N)c1ccccc1. The van der Waals surface area contributed by atoms with Gasteiger partial charge in [0.2, 0.25) is 0 Å². The van der Waals surface area contributed by atoms with Gasteiger partial charge >= 0.3 is 0 Å². The molecule has 2 nitrogen and oxygen atoms in total. The van der Waals surface area contributed by atoms with Gasteiger partial charge in [0.05, 0.1) is 22.4 Å². The summed E-state index contributed by atoms with van der Waals surface area (Å²) >= 11 is 6.02. The van der Waals surface area contributed by atoms with Gasteiger partial charge in [0, 0.05) is 0 Å². The molecular weight excluding hydrogens is 244 g/mol. The number of benzene rings is 2. The highest BCUT2D eigenvalue weighted by Gasteiger charge is 2.11. The van der Waals surface area contributed by atoms with Gasteiger partial charge in [-0.3, -0.25) is 0 Å². The van der Waals surface area contributed by atoms with E-state index in [0.717, 1.165) is 12.1 Å². The molecule has 2 aromatic rings. The van der Waals surface area contributed by atoms with E-state index in [2.05, 4.69) is 24.4 Å². The zero-order chi connectivity index (χ0) is 13.0. The molecule has 94 valence electrons. The molecule has 2 aromatic carbocycles. The van der Waals surface area contributed by atoms with E-state index in [4.69, 9.17) is 17.3 Å². The number of nitrogens with two attached hydrogens (primary N) is 1. The van der Waals surface area contributed by atoms with Crippen molar-refractivity contribution in [1.29, 1.82) is 0 Å². The van der Waals surface area contributed by atoms with Crippen LogP contribution in [0.25, 0.3) is 0 Å². The van der Waals surface area contributed by atoms with Crippen LogP contribution in [0.4, 0.5) is 11.4 Å². The standard InChI is InChI=1S/C15H17ClN2/c1-2-13(11-7-4-3-5-8-11)18-14-10-6-9-12(16)15(14)17/h3-10,13,18H,2,17H2,1H3. The van der Waals surface area contributed by atoms with Crippen molar-refractivity contribution in [2.24, 2.45) is 0 Å². The molecule has 0 aliphatic carbocycles. The summed E-state index contributed by atoms with van der Waals surface area (Å²) in [7, 11) is 0. The van der Waals surface area contributed by atoms with E-state index >= 15 is 0 Å². The van der Waals surface area contributed by atoms with Gasteiger partial charge in [-0.25, -0.2) is 0 Å². The van der Waals surface area contributed by atoms with E-state index in [9.17, 15) is 0 Å². The first-order valence-electron chi connectivity index (χ1n) is 6.08. The molecule has 3 heteroatoms. The van der Waals surface area contributed by atoms with Gasteiger partial charge < -0.3 is 11.1 Å². The Bertz CT molecular complexity index is 511. The second kappa shape index (κ2) is 5.78. The molecule has 0 saturated heterocycles. The van der Waals surface area contributed by atoms with Gasteiger partial charge in [0.1, 0.15) is 0 Å². The second-order valence-electron chi connectivity index (χ2n) is 4.22. The van der Waals surface area contributed by atoms with Gasteiger partial charge in [0.25, 0.3) is 0 Å². The van der Waals surface area contributed by atoms with Crippen LogP contribution in [0, 0.1) is 0 Å². The molecule has 0 fully saturated rings. The van der Waals surface area contributed by atoms with Crippen molar-refractivity contribution in [3.63, 3.8) is 0 Å². The van der Waals surface area contributed by atoms with Crippen LogP contribution in [0.1, 0.15) is 24.9 Å². The number of para-hydroxylation sites is 1. The Morgan fingerprint density at radius 2 is 1.83 bits per heavy atom. The molecule has 0 radical (unpaired) electrons. The van der Waals surface area contributed by atoms with Crippen LogP contribution in [0.2, 0.25) is 5.02 Å². The summed E-state index contributed by atoms with van der Waals surface area (Å²) in [6.07, 6.45) is 0.982. The van der Waals surface area contributed by atoms with E-state index in [-0.39, 0.29) is 6.04 Å². The van der Waals surface area contributed by atoms with Crippen molar-refractivity contribution in [2.75, 3.05) is 11.1 Å². The van der Waals surface area contributed by atoms with Gasteiger partial charge in [-0.1, -0.05) is 54.9 Å². The Hall–Kier alpha value is -1.67. The molecule has 3 N–H and O–H groups in total. The lowest BCUT2D eigenvalue weighted by molar-refractivity contribution is 0.750. The van der Waals surface area contributed by atoms with E-state index in [1.54, 1.807) is 6.07 Å². The lowest BCUT2D eigenvalue weighted by Crippen LogP contribution is -2.11. The minimum Gasteiger partial charge on any atom is -0.396 e. The maximum atomic E-state index is 6.02. The molecule has 0 saturated carbocycles. The highest BCUT2D eigenvalue weighted by atomic mass is 35.5. The van der Waals surface area contributed by atoms with Crippen molar-refractivity contribution in [3.8, 4) is 0 Å². The minimum atomic E-state index is 0.243. The molecule has 0 aliphatic rings. The van der Waals surface area contributed by atoms with Crippen molar-refractivity contribution in [2.45, 2.75) is 19.4 Å². The highest BCUT2D eigenvalue weighted by molar-refractivity contribution is 6.33. The van der Waals surface area contributed by atoms with Crippen molar-refractivity contribution >= 4 is 23.0 Å². The molecule has 0 bridgehead atoms. The number of rotatable bonds is 4. The van der Waals surface area contributed by atoms with Crippen LogP contribution in [0.3, 0.4) is 0 Å². The molecule has 0 amide bonds. The van der Waals surface area contributed by atoms with Crippen LogP contribution >= 0.6 is 11.6 Å². The van der Waals surface area contributed by atoms with Crippen molar-refractivity contribution in [1.82, 2.24) is 0 Å². The number of anilines is 2. The van der Waals surface area contributed by atoms with Crippen LogP contribution in [-0.4, -0.2) is 0 Å². The first-order chi connectivity index (χ1) is 8.72. The van der Waals surface area contributed by atoms with Crippen molar-refractivity contribution in [3.05, 3.63) is 59.1 Å². The maximum absolute atomic E-state index is 6.02. The Balaban J connectivity index is 2.24. The maximum Gasteiger partial charge on any atom is 0.0739 e. The predicted octanol–water partition coefficient (Wildman–Crippen LogP) is 4.49. The van der Waals surface area contributed by atoms with E-state index in [1.165, 1.54) is 5.56 Å². The molecule has 1 atom stereocenters. The van der Waals surface area contributed by atoms with E-state index < -0.39 is 0 Å². The number of nitrogen functional groups attached to an aromatic ring is 1. The van der Waals surface area contributed by atoms with Gasteiger partial charge in [0.15, 0.2) is 0 Å². The first kappa shape index (κ1) is 12.8. The van der Waals surface area contributed by atoms with Crippen LogP contribution in [-0.2, 0) is 0 Å². The van der Waals surface area contributed by atoms with Gasteiger partial charge in [-0.2, -0.15) is 0 Å². The topological polar surface area (TPSA) is 38.0 Å². The summed E-state index contributed by atoms with van der Waals surface area (Å²) in [5, 5.41) is 4.03. The number of hydrogen-bond donors (Lipinski definition) is 2. The lowest BCUT2D eigenvalue weighted by Gasteiger charge is -2.20. The fraction of sp³-hybridized carbons (Fsp3) is 0.200. The molecular formula is C15H17ClN2. The van der Waals surface area contributed by atoms with Crippen LogP contribution in [0.5, 0.6) is 0 Å². The largest absolute Gasteiger partial charge is 0.396 e. The summed E-state index contributed by atoms with van der Waals surface area (Å²) in [4.78, 5) is 0. The second-order valence-corrected chi connectivity index (χ2v) is 4.62. The summed E-state index contributed by atoms with van der Waals surface area (Å²) in [6.45, 7) is 2.14. The van der Waals surface area contributed by atoms with E-state index in [0.29, 0.717) is 10.7 Å². The monoisotopic (exact) mass is 260 g/mol. The smallest absolute Gasteiger partial charge is 0.0739 e. The highest BCUT2D eigenvalue weighted by Crippen LogP contribution is 2.30. The molecule has 2 rings (SSSR count). The summed E-state index contributed by atoms with van der Waals surface area (Å²) in [6, 6.07) is 16.2. The van der Waals surface area contributed by atoms with Crippen LogP contribution < -0.4 is 11.1 Å². The third kappa shape index (κ3) is 2.77. The van der Waals surface area contributed by atoms with E-state index in [1.807, 2.05) is 30.3 Å². The summed E-state index contributed by atoms with van der Waals surface area (Å²) < 4.78 is 0. The fourth-order valence-corrected chi connectivity index (χ4v) is 2.13. The Labute approximate surface area is 113 Å². The number of halogens is 1. The predicted molar refractivity (Wildman–Crippen MR) is 79.0 cm³/mol. The van der Waals surface area contributed by atoms with Crippen molar-refractivity contribution < 1.29 is 0 Å². The summed E-state index contributed by atoms with van der Waals surface area (Å²) in [5.74, 6) is 0. The summed E-state index contributed by atoms with van der Waals surface area (Å²) in [5.41, 5.74) is 8.71. The quantitative estimate of drug-likeness (QED) is 0.795. The molecule has 0 aliphatic heterocycles. The third-order valence-electron chi connectivity index (χ3n) is 2.99.